The molecule has 140 valence electrons. The Morgan fingerprint density at radius 3 is 2.81 bits per heavy atom. The predicted molar refractivity (Wildman–Crippen MR) is 93.9 cm³/mol. The molecular weight excluding hydrogens is 363 g/mol. The van der Waals surface area contributed by atoms with Crippen LogP contribution < -0.4 is 15.5 Å². The van der Waals surface area contributed by atoms with Gasteiger partial charge in [0.25, 0.3) is 5.91 Å². The number of nitrogens with one attached hydrogen (secondary N) is 2. The van der Waals surface area contributed by atoms with Crippen molar-refractivity contribution in [3.8, 4) is 0 Å². The van der Waals surface area contributed by atoms with Crippen LogP contribution in [0.4, 0.5) is 4.39 Å². The Bertz CT molecular complexity index is 1000. The first kappa shape index (κ1) is 18.5. The van der Waals surface area contributed by atoms with E-state index >= 15 is 0 Å². The third kappa shape index (κ3) is 4.28. The molecule has 0 saturated heterocycles. The summed E-state index contributed by atoms with van der Waals surface area (Å²) in [7, 11) is -3.32. The van der Waals surface area contributed by atoms with Crippen LogP contribution in [0.15, 0.2) is 33.5 Å². The van der Waals surface area contributed by atoms with Gasteiger partial charge in [0.15, 0.2) is 11.2 Å². The van der Waals surface area contributed by atoms with Crippen molar-refractivity contribution in [2.45, 2.75) is 25.3 Å². The largest absolute Gasteiger partial charge is 0.451 e. The highest BCUT2D eigenvalue weighted by Gasteiger charge is 2.29. The first-order chi connectivity index (χ1) is 12.2. The molecule has 2 aromatic rings. The molecule has 9 heteroatoms. The van der Waals surface area contributed by atoms with Crippen LogP contribution >= 0.6 is 0 Å². The molecule has 1 aliphatic rings. The molecule has 0 radical (unpaired) electrons. The van der Waals surface area contributed by atoms with Gasteiger partial charge in [-0.25, -0.2) is 17.5 Å². The first-order valence-corrected chi connectivity index (χ1v) is 10.1. The van der Waals surface area contributed by atoms with E-state index in [9.17, 15) is 22.4 Å². The van der Waals surface area contributed by atoms with Crippen molar-refractivity contribution in [2.75, 3.05) is 12.8 Å². The summed E-state index contributed by atoms with van der Waals surface area (Å²) in [5.74, 6) is -1.42. The minimum Gasteiger partial charge on any atom is -0.451 e. The number of hydrogen-bond acceptors (Lipinski definition) is 5. The molecule has 2 N–H and O–H groups in total. The number of fused-ring (bicyclic) bond motifs is 1. The molecule has 1 aliphatic carbocycles. The van der Waals surface area contributed by atoms with E-state index in [2.05, 4.69) is 10.0 Å². The first-order valence-electron chi connectivity index (χ1n) is 8.22. The molecule has 0 aliphatic heterocycles. The lowest BCUT2D eigenvalue weighted by Gasteiger charge is -2.20. The molecule has 2 atom stereocenters. The smallest absolute Gasteiger partial charge is 0.287 e. The lowest BCUT2D eigenvalue weighted by molar-refractivity contribution is 0.0919. The van der Waals surface area contributed by atoms with Gasteiger partial charge in [0.2, 0.25) is 10.0 Å². The van der Waals surface area contributed by atoms with Gasteiger partial charge in [-0.15, -0.1) is 0 Å². The lowest BCUT2D eigenvalue weighted by atomic mass is 10.0. The lowest BCUT2D eigenvalue weighted by Crippen LogP contribution is -2.41. The second kappa shape index (κ2) is 7.16. The summed E-state index contributed by atoms with van der Waals surface area (Å²) in [6.45, 7) is 0.247. The van der Waals surface area contributed by atoms with E-state index in [1.165, 1.54) is 6.07 Å². The van der Waals surface area contributed by atoms with Crippen molar-refractivity contribution >= 4 is 26.9 Å². The molecule has 1 amide bonds. The van der Waals surface area contributed by atoms with Gasteiger partial charge in [0.05, 0.1) is 11.6 Å². The second-order valence-electron chi connectivity index (χ2n) is 6.51. The van der Waals surface area contributed by atoms with Crippen molar-refractivity contribution in [3.63, 3.8) is 0 Å². The minimum atomic E-state index is -3.32. The van der Waals surface area contributed by atoms with E-state index in [0.29, 0.717) is 6.42 Å². The number of amides is 1. The molecule has 1 saturated carbocycles. The maximum Gasteiger partial charge on any atom is 0.287 e. The van der Waals surface area contributed by atoms with Gasteiger partial charge in [-0.2, -0.15) is 0 Å². The van der Waals surface area contributed by atoms with Gasteiger partial charge >= 0.3 is 0 Å². The van der Waals surface area contributed by atoms with Crippen LogP contribution in [0.25, 0.3) is 11.0 Å². The van der Waals surface area contributed by atoms with Gasteiger partial charge in [0.1, 0.15) is 11.4 Å². The normalized spacial score (nSPS) is 20.4. The molecule has 26 heavy (non-hydrogen) atoms. The van der Waals surface area contributed by atoms with Crippen molar-refractivity contribution in [3.05, 3.63) is 46.1 Å². The summed E-state index contributed by atoms with van der Waals surface area (Å²) in [6.07, 6.45) is 3.44. The Morgan fingerprint density at radius 2 is 2.08 bits per heavy atom. The van der Waals surface area contributed by atoms with Crippen LogP contribution in [-0.2, 0) is 10.0 Å². The predicted octanol–water partition coefficient (Wildman–Crippen LogP) is 1.38. The van der Waals surface area contributed by atoms with Crippen molar-refractivity contribution in [1.29, 1.82) is 0 Å². The summed E-state index contributed by atoms with van der Waals surface area (Å²) >= 11 is 0. The van der Waals surface area contributed by atoms with E-state index in [1.807, 2.05) is 0 Å². The van der Waals surface area contributed by atoms with E-state index in [-0.39, 0.29) is 35.2 Å². The molecule has 3 rings (SSSR count). The zero-order chi connectivity index (χ0) is 18.9. The van der Waals surface area contributed by atoms with Crippen molar-refractivity contribution in [2.24, 2.45) is 5.92 Å². The standard InChI is InChI=1S/C17H19FN2O5S/c1-26(23,24)20-13-4-2-3-10(13)9-19-17(22)16-8-14(21)12-6-5-11(18)7-15(12)25-16/h5-8,10,13,20H,2-4,9H2,1H3,(H,19,22). The van der Waals surface area contributed by atoms with Crippen molar-refractivity contribution in [1.82, 2.24) is 10.0 Å². The van der Waals surface area contributed by atoms with Gasteiger partial charge in [0, 0.05) is 24.7 Å². The fourth-order valence-corrected chi connectivity index (χ4v) is 4.12. The highest BCUT2D eigenvalue weighted by Crippen LogP contribution is 2.25. The number of benzene rings is 1. The Kier molecular flexibility index (Phi) is 5.10. The summed E-state index contributed by atoms with van der Waals surface area (Å²) in [6, 6.07) is 4.34. The van der Waals surface area contributed by atoms with Gasteiger partial charge in [-0.1, -0.05) is 6.42 Å². The topological polar surface area (TPSA) is 105 Å². The summed E-state index contributed by atoms with van der Waals surface area (Å²) in [5.41, 5.74) is -0.436. The maximum atomic E-state index is 13.3. The zero-order valence-electron chi connectivity index (χ0n) is 14.1. The molecule has 1 fully saturated rings. The molecule has 7 nitrogen and oxygen atoms in total. The highest BCUT2D eigenvalue weighted by molar-refractivity contribution is 7.88. The Balaban J connectivity index is 1.72. The number of rotatable bonds is 5. The fraction of sp³-hybridized carbons (Fsp3) is 0.412. The number of carbonyl (C=O) groups is 1. The van der Waals surface area contributed by atoms with E-state index < -0.39 is 27.2 Å². The van der Waals surface area contributed by atoms with E-state index in [1.54, 1.807) is 0 Å². The van der Waals surface area contributed by atoms with Crippen LogP contribution in [0.1, 0.15) is 29.8 Å². The third-order valence-electron chi connectivity index (χ3n) is 4.46. The Labute approximate surface area is 149 Å². The SMILES string of the molecule is CS(=O)(=O)NC1CCCC1CNC(=O)c1cc(=O)c2ccc(F)cc2o1. The van der Waals surface area contributed by atoms with Gasteiger partial charge < -0.3 is 9.73 Å². The summed E-state index contributed by atoms with van der Waals surface area (Å²) < 4.78 is 44.0. The van der Waals surface area contributed by atoms with Crippen LogP contribution in [0.2, 0.25) is 0 Å². The molecule has 2 unspecified atom stereocenters. The summed E-state index contributed by atoms with van der Waals surface area (Å²) in [4.78, 5) is 24.3. The number of carbonyl (C=O) groups excluding carboxylic acids is 1. The Morgan fingerprint density at radius 1 is 1.31 bits per heavy atom. The number of sulfonamides is 1. The average Bonchev–Trinajstić information content (AvgIpc) is 2.97. The van der Waals surface area contributed by atoms with Crippen LogP contribution in [0, 0.1) is 11.7 Å². The van der Waals surface area contributed by atoms with Gasteiger partial charge in [-0.3, -0.25) is 9.59 Å². The molecule has 0 spiro atoms. The maximum absolute atomic E-state index is 13.3. The van der Waals surface area contributed by atoms with Gasteiger partial charge in [-0.05, 0) is 30.9 Å². The zero-order valence-corrected chi connectivity index (χ0v) is 14.9. The molecule has 0 bridgehead atoms. The van der Waals surface area contributed by atoms with E-state index in [0.717, 1.165) is 37.3 Å². The second-order valence-corrected chi connectivity index (χ2v) is 8.29. The van der Waals surface area contributed by atoms with Crippen LogP contribution in [-0.4, -0.2) is 33.2 Å². The molecule has 1 aromatic carbocycles. The fourth-order valence-electron chi connectivity index (χ4n) is 3.26. The molecule has 1 aromatic heterocycles. The summed E-state index contributed by atoms with van der Waals surface area (Å²) in [5, 5.41) is 2.85. The third-order valence-corrected chi connectivity index (χ3v) is 5.20. The molecular formula is C17H19FN2O5S. The molecule has 1 heterocycles. The van der Waals surface area contributed by atoms with Crippen molar-refractivity contribution < 1.29 is 22.0 Å². The minimum absolute atomic E-state index is 0.000126. The van der Waals surface area contributed by atoms with Crippen LogP contribution in [0.5, 0.6) is 0 Å². The average molecular weight is 382 g/mol. The monoisotopic (exact) mass is 382 g/mol. The number of hydrogen-bond donors (Lipinski definition) is 2. The highest BCUT2D eigenvalue weighted by atomic mass is 32.2. The number of halogens is 1. The quantitative estimate of drug-likeness (QED) is 0.813. The van der Waals surface area contributed by atoms with E-state index in [4.69, 9.17) is 4.42 Å². The Hall–Kier alpha value is -2.26. The van der Waals surface area contributed by atoms with Crippen LogP contribution in [0.3, 0.4) is 0 Å².